The van der Waals surface area contributed by atoms with E-state index in [1.807, 2.05) is 6.92 Å². The lowest BCUT2D eigenvalue weighted by Crippen LogP contribution is -2.48. The van der Waals surface area contributed by atoms with E-state index in [1.165, 1.54) is 44.9 Å². The summed E-state index contributed by atoms with van der Waals surface area (Å²) in [6.45, 7) is 10.1. The Balaban J connectivity index is 0.00000364. The van der Waals surface area contributed by atoms with Gasteiger partial charge in [0.05, 0.1) is 25.4 Å². The fourth-order valence-electron chi connectivity index (χ4n) is 3.96. The van der Waals surface area contributed by atoms with Gasteiger partial charge in [-0.3, -0.25) is 9.89 Å². The SMILES string of the molecule is CCNC(=NCC(C)(O)CN1CCOCC1)NCCCC1CCCCC1.I. The molecule has 1 saturated heterocycles. The molecule has 0 radical (unpaired) electrons. The van der Waals surface area contributed by atoms with Gasteiger partial charge in [0, 0.05) is 32.7 Å². The molecular formula is C20H41IN4O2. The van der Waals surface area contributed by atoms with Crippen molar-refractivity contribution in [2.75, 3.05) is 52.5 Å². The third-order valence-corrected chi connectivity index (χ3v) is 5.40. The van der Waals surface area contributed by atoms with Crippen molar-refractivity contribution >= 4 is 29.9 Å². The van der Waals surface area contributed by atoms with Crippen LogP contribution in [-0.2, 0) is 4.74 Å². The van der Waals surface area contributed by atoms with Crippen LogP contribution in [0.4, 0.5) is 0 Å². The molecule has 0 spiro atoms. The molecule has 6 nitrogen and oxygen atoms in total. The number of β-amino-alcohol motifs (C(OH)–C–C–N with tert-alkyl or cyclic N) is 1. The lowest BCUT2D eigenvalue weighted by Gasteiger charge is -2.33. The smallest absolute Gasteiger partial charge is 0.191 e. The number of aliphatic imine (C=N–C) groups is 1. The zero-order valence-corrected chi connectivity index (χ0v) is 19.7. The van der Waals surface area contributed by atoms with Gasteiger partial charge in [-0.15, -0.1) is 24.0 Å². The Morgan fingerprint density at radius 1 is 1.19 bits per heavy atom. The van der Waals surface area contributed by atoms with Crippen molar-refractivity contribution in [2.45, 2.75) is 64.4 Å². The van der Waals surface area contributed by atoms with Crippen molar-refractivity contribution in [3.05, 3.63) is 0 Å². The maximum atomic E-state index is 10.7. The summed E-state index contributed by atoms with van der Waals surface area (Å²) in [4.78, 5) is 6.87. The molecule has 160 valence electrons. The highest BCUT2D eigenvalue weighted by atomic mass is 127. The zero-order valence-electron chi connectivity index (χ0n) is 17.3. The van der Waals surface area contributed by atoms with E-state index < -0.39 is 5.60 Å². The van der Waals surface area contributed by atoms with Crippen LogP contribution in [0.2, 0.25) is 0 Å². The minimum atomic E-state index is -0.818. The molecule has 7 heteroatoms. The van der Waals surface area contributed by atoms with E-state index in [0.29, 0.717) is 13.1 Å². The van der Waals surface area contributed by atoms with E-state index in [2.05, 4.69) is 27.4 Å². The number of halogens is 1. The second-order valence-electron chi connectivity index (χ2n) is 8.15. The maximum absolute atomic E-state index is 10.7. The topological polar surface area (TPSA) is 69.1 Å². The molecule has 2 aliphatic rings. The Labute approximate surface area is 182 Å². The number of nitrogens with zero attached hydrogens (tertiary/aromatic N) is 2. The van der Waals surface area contributed by atoms with E-state index >= 15 is 0 Å². The van der Waals surface area contributed by atoms with Gasteiger partial charge >= 0.3 is 0 Å². The van der Waals surface area contributed by atoms with Crippen molar-refractivity contribution in [1.29, 1.82) is 0 Å². The van der Waals surface area contributed by atoms with Crippen molar-refractivity contribution in [3.8, 4) is 0 Å². The summed E-state index contributed by atoms with van der Waals surface area (Å²) in [5.74, 6) is 1.75. The Bertz CT molecular complexity index is 409. The number of morpholine rings is 1. The molecule has 0 aromatic rings. The Morgan fingerprint density at radius 2 is 1.89 bits per heavy atom. The Hall–Kier alpha value is -0.120. The lowest BCUT2D eigenvalue weighted by atomic mass is 9.86. The van der Waals surface area contributed by atoms with Gasteiger partial charge in [-0.05, 0) is 32.6 Å². The molecule has 1 saturated carbocycles. The van der Waals surface area contributed by atoms with E-state index in [-0.39, 0.29) is 24.0 Å². The first kappa shape index (κ1) is 24.9. The average molecular weight is 496 g/mol. The average Bonchev–Trinajstić information content (AvgIpc) is 2.64. The predicted octanol–water partition coefficient (Wildman–Crippen LogP) is 2.60. The van der Waals surface area contributed by atoms with E-state index in [1.54, 1.807) is 0 Å². The van der Waals surface area contributed by atoms with Crippen LogP contribution < -0.4 is 10.6 Å². The summed E-state index contributed by atoms with van der Waals surface area (Å²) >= 11 is 0. The third-order valence-electron chi connectivity index (χ3n) is 5.40. The molecule has 1 aliphatic carbocycles. The van der Waals surface area contributed by atoms with Crippen LogP contribution in [0.5, 0.6) is 0 Å². The van der Waals surface area contributed by atoms with Crippen LogP contribution in [0.3, 0.4) is 0 Å². The van der Waals surface area contributed by atoms with Crippen LogP contribution in [-0.4, -0.2) is 74.0 Å². The van der Waals surface area contributed by atoms with Crippen molar-refractivity contribution in [2.24, 2.45) is 10.9 Å². The molecule has 0 bridgehead atoms. The molecule has 1 aliphatic heterocycles. The number of rotatable bonds is 9. The van der Waals surface area contributed by atoms with Gasteiger partial charge in [0.15, 0.2) is 5.96 Å². The van der Waals surface area contributed by atoms with Crippen molar-refractivity contribution < 1.29 is 9.84 Å². The van der Waals surface area contributed by atoms with Crippen LogP contribution in [0.1, 0.15) is 58.8 Å². The molecule has 0 amide bonds. The van der Waals surface area contributed by atoms with Crippen LogP contribution in [0.25, 0.3) is 0 Å². The summed E-state index contributed by atoms with van der Waals surface area (Å²) < 4.78 is 5.37. The standard InChI is InChI=1S/C20H40N4O2.HI/c1-3-21-19(22-11-7-10-18-8-5-4-6-9-18)23-16-20(2,25)17-24-12-14-26-15-13-24;/h18,25H,3-17H2,1-2H3,(H2,21,22,23);1H. The highest BCUT2D eigenvalue weighted by Crippen LogP contribution is 2.26. The largest absolute Gasteiger partial charge is 0.387 e. The molecule has 1 atom stereocenters. The number of nitrogens with one attached hydrogen (secondary N) is 2. The van der Waals surface area contributed by atoms with Gasteiger partial charge in [-0.2, -0.15) is 0 Å². The van der Waals surface area contributed by atoms with Gasteiger partial charge in [0.25, 0.3) is 0 Å². The minimum absolute atomic E-state index is 0. The lowest BCUT2D eigenvalue weighted by molar-refractivity contribution is -0.0179. The summed E-state index contributed by atoms with van der Waals surface area (Å²) in [6.07, 6.45) is 9.61. The van der Waals surface area contributed by atoms with Gasteiger partial charge in [-0.1, -0.05) is 32.1 Å². The highest BCUT2D eigenvalue weighted by molar-refractivity contribution is 14.0. The monoisotopic (exact) mass is 496 g/mol. The quantitative estimate of drug-likeness (QED) is 0.198. The maximum Gasteiger partial charge on any atom is 0.191 e. The van der Waals surface area contributed by atoms with Gasteiger partial charge in [0.2, 0.25) is 0 Å². The zero-order chi connectivity index (χ0) is 18.7. The summed E-state index contributed by atoms with van der Waals surface area (Å²) in [5, 5.41) is 17.4. The number of ether oxygens (including phenoxy) is 1. The third kappa shape index (κ3) is 10.9. The fraction of sp³-hybridized carbons (Fsp3) is 0.950. The molecule has 1 unspecified atom stereocenters. The highest BCUT2D eigenvalue weighted by Gasteiger charge is 2.25. The minimum Gasteiger partial charge on any atom is -0.387 e. The summed E-state index contributed by atoms with van der Waals surface area (Å²) in [5.41, 5.74) is -0.818. The molecule has 1 heterocycles. The van der Waals surface area contributed by atoms with Gasteiger partial charge in [0.1, 0.15) is 0 Å². The number of hydrogen-bond acceptors (Lipinski definition) is 4. The summed E-state index contributed by atoms with van der Waals surface area (Å²) in [7, 11) is 0. The summed E-state index contributed by atoms with van der Waals surface area (Å²) in [6, 6.07) is 0. The molecule has 2 fully saturated rings. The van der Waals surface area contributed by atoms with Crippen LogP contribution >= 0.6 is 24.0 Å². The number of guanidine groups is 1. The predicted molar refractivity (Wildman–Crippen MR) is 123 cm³/mol. The molecule has 2 rings (SSSR count). The number of hydrogen-bond donors (Lipinski definition) is 3. The van der Waals surface area contributed by atoms with Crippen LogP contribution in [0, 0.1) is 5.92 Å². The fourth-order valence-corrected chi connectivity index (χ4v) is 3.96. The Morgan fingerprint density at radius 3 is 2.56 bits per heavy atom. The molecular weight excluding hydrogens is 455 g/mol. The molecule has 27 heavy (non-hydrogen) atoms. The molecule has 0 aromatic heterocycles. The first-order valence-corrected chi connectivity index (χ1v) is 10.6. The molecule has 0 aromatic carbocycles. The van der Waals surface area contributed by atoms with Gasteiger partial charge < -0.3 is 20.5 Å². The van der Waals surface area contributed by atoms with Crippen molar-refractivity contribution in [1.82, 2.24) is 15.5 Å². The Kier molecular flexibility index (Phi) is 12.9. The van der Waals surface area contributed by atoms with E-state index in [9.17, 15) is 5.11 Å². The number of aliphatic hydroxyl groups is 1. The van der Waals surface area contributed by atoms with Crippen LogP contribution in [0.15, 0.2) is 4.99 Å². The normalized spacial score (nSPS) is 22.0. The molecule has 3 N–H and O–H groups in total. The van der Waals surface area contributed by atoms with E-state index in [0.717, 1.165) is 51.3 Å². The van der Waals surface area contributed by atoms with Gasteiger partial charge in [-0.25, -0.2) is 0 Å². The van der Waals surface area contributed by atoms with E-state index in [4.69, 9.17) is 4.74 Å². The second kappa shape index (κ2) is 14.0. The van der Waals surface area contributed by atoms with Crippen molar-refractivity contribution in [3.63, 3.8) is 0 Å². The second-order valence-corrected chi connectivity index (χ2v) is 8.15. The first-order valence-electron chi connectivity index (χ1n) is 10.6. The first-order chi connectivity index (χ1) is 12.6.